The van der Waals surface area contributed by atoms with Gasteiger partial charge in [-0.25, -0.2) is 8.42 Å². The lowest BCUT2D eigenvalue weighted by molar-refractivity contribution is -0.0436. The molecule has 0 bridgehead atoms. The molecule has 5 nitrogen and oxygen atoms in total. The van der Waals surface area contributed by atoms with Crippen molar-refractivity contribution in [2.45, 2.75) is 10.4 Å². The second-order valence-corrected chi connectivity index (χ2v) is 7.00. The van der Waals surface area contributed by atoms with Gasteiger partial charge >= 0.3 is 5.51 Å². The van der Waals surface area contributed by atoms with Crippen molar-refractivity contribution in [2.24, 2.45) is 10.2 Å². The minimum atomic E-state index is -5.35. The summed E-state index contributed by atoms with van der Waals surface area (Å²) in [4.78, 5) is 1.09. The molecule has 2 aromatic carbocycles. The SMILES string of the molecule is CN(C)c1ccc(N=Nc2ccc(S(=O)(=O)C(F)(F)F)cc2)cc1. The monoisotopic (exact) mass is 357 g/mol. The standard InChI is InChI=1S/C15H14F3N3O2S/c1-21(2)13-7-3-11(4-8-13)19-20-12-5-9-14(10-6-12)24(22,23)15(16,17)18/h3-10H,1-2H3. The molecular formula is C15H14F3N3O2S. The van der Waals surface area contributed by atoms with Crippen molar-refractivity contribution in [1.29, 1.82) is 0 Å². The van der Waals surface area contributed by atoms with E-state index in [-0.39, 0.29) is 5.69 Å². The van der Waals surface area contributed by atoms with Gasteiger partial charge in [-0.3, -0.25) is 0 Å². The van der Waals surface area contributed by atoms with Crippen LogP contribution in [0.5, 0.6) is 0 Å². The molecule has 0 amide bonds. The summed E-state index contributed by atoms with van der Waals surface area (Å²) in [7, 11) is -1.56. The minimum absolute atomic E-state index is 0.243. The molecule has 0 atom stereocenters. The van der Waals surface area contributed by atoms with Gasteiger partial charge in [-0.05, 0) is 48.5 Å². The minimum Gasteiger partial charge on any atom is -0.378 e. The van der Waals surface area contributed by atoms with Gasteiger partial charge in [-0.1, -0.05) is 0 Å². The van der Waals surface area contributed by atoms with E-state index in [2.05, 4.69) is 10.2 Å². The lowest BCUT2D eigenvalue weighted by Gasteiger charge is -2.11. The first kappa shape index (κ1) is 17.9. The second kappa shape index (κ2) is 6.60. The number of hydrogen-bond acceptors (Lipinski definition) is 5. The third kappa shape index (κ3) is 3.91. The number of benzene rings is 2. The van der Waals surface area contributed by atoms with Crippen LogP contribution in [0.4, 0.5) is 30.2 Å². The Morgan fingerprint density at radius 1 is 0.833 bits per heavy atom. The van der Waals surface area contributed by atoms with Crippen molar-refractivity contribution >= 4 is 26.9 Å². The average molecular weight is 357 g/mol. The van der Waals surface area contributed by atoms with Crippen LogP contribution in [-0.4, -0.2) is 28.0 Å². The lowest BCUT2D eigenvalue weighted by Crippen LogP contribution is -2.23. The normalized spacial score (nSPS) is 12.5. The van der Waals surface area contributed by atoms with E-state index in [0.717, 1.165) is 30.0 Å². The van der Waals surface area contributed by atoms with Gasteiger partial charge < -0.3 is 4.90 Å². The summed E-state index contributed by atoms with van der Waals surface area (Å²) in [6.45, 7) is 0. The van der Waals surface area contributed by atoms with E-state index >= 15 is 0 Å². The maximum absolute atomic E-state index is 12.4. The van der Waals surface area contributed by atoms with Crippen LogP contribution in [0.15, 0.2) is 63.7 Å². The highest BCUT2D eigenvalue weighted by atomic mass is 32.2. The highest BCUT2D eigenvalue weighted by molar-refractivity contribution is 7.92. The number of nitrogens with zero attached hydrogens (tertiary/aromatic N) is 3. The first-order valence-electron chi connectivity index (χ1n) is 6.72. The number of sulfone groups is 1. The molecule has 0 unspecified atom stereocenters. The van der Waals surface area contributed by atoms with Gasteiger partial charge in [0.05, 0.1) is 16.3 Å². The molecule has 0 N–H and O–H groups in total. The third-order valence-electron chi connectivity index (χ3n) is 3.10. The Labute approximate surface area is 137 Å². The maximum atomic E-state index is 12.4. The van der Waals surface area contributed by atoms with Gasteiger partial charge in [0.1, 0.15) is 0 Å². The zero-order valence-corrected chi connectivity index (χ0v) is 13.6. The third-order valence-corrected chi connectivity index (χ3v) is 4.60. The summed E-state index contributed by atoms with van der Waals surface area (Å²) in [5, 5.41) is 7.82. The van der Waals surface area contributed by atoms with Gasteiger partial charge in [-0.2, -0.15) is 23.4 Å². The van der Waals surface area contributed by atoms with Crippen molar-refractivity contribution in [1.82, 2.24) is 0 Å². The molecule has 0 spiro atoms. The molecule has 0 radical (unpaired) electrons. The Bertz CT molecular complexity index is 828. The van der Waals surface area contributed by atoms with Crippen molar-refractivity contribution in [3.63, 3.8) is 0 Å². The summed E-state index contributed by atoms with van der Waals surface area (Å²) < 4.78 is 59.8. The smallest absolute Gasteiger partial charge is 0.378 e. The van der Waals surface area contributed by atoms with Gasteiger partial charge in [-0.15, -0.1) is 0 Å². The average Bonchev–Trinajstić information content (AvgIpc) is 2.52. The molecule has 128 valence electrons. The Kier molecular flexibility index (Phi) is 4.93. The molecule has 0 fully saturated rings. The molecule has 0 aliphatic rings. The summed E-state index contributed by atoms with van der Waals surface area (Å²) in [5.41, 5.74) is -3.54. The van der Waals surface area contributed by atoms with Crippen LogP contribution in [-0.2, 0) is 9.84 Å². The molecule has 2 rings (SSSR count). The van der Waals surface area contributed by atoms with E-state index in [1.54, 1.807) is 12.1 Å². The Balaban J connectivity index is 2.17. The maximum Gasteiger partial charge on any atom is 0.501 e. The van der Waals surface area contributed by atoms with Crippen LogP contribution in [0.3, 0.4) is 0 Å². The Hall–Kier alpha value is -2.42. The molecule has 9 heteroatoms. The molecule has 0 saturated heterocycles. The Morgan fingerprint density at radius 2 is 1.25 bits per heavy atom. The van der Waals surface area contributed by atoms with E-state index in [0.29, 0.717) is 5.69 Å². The van der Waals surface area contributed by atoms with E-state index < -0.39 is 20.2 Å². The zero-order chi connectivity index (χ0) is 18.0. The number of alkyl halides is 3. The quantitative estimate of drug-likeness (QED) is 0.759. The van der Waals surface area contributed by atoms with Gasteiger partial charge in [0.25, 0.3) is 9.84 Å². The van der Waals surface area contributed by atoms with E-state index in [1.165, 1.54) is 0 Å². The molecule has 24 heavy (non-hydrogen) atoms. The van der Waals surface area contributed by atoms with E-state index in [1.807, 2.05) is 31.1 Å². The fourth-order valence-electron chi connectivity index (χ4n) is 1.76. The van der Waals surface area contributed by atoms with Crippen molar-refractivity contribution in [3.8, 4) is 0 Å². The topological polar surface area (TPSA) is 62.1 Å². The Morgan fingerprint density at radius 3 is 1.62 bits per heavy atom. The number of halogens is 3. The number of anilines is 1. The van der Waals surface area contributed by atoms with Crippen molar-refractivity contribution in [3.05, 3.63) is 48.5 Å². The van der Waals surface area contributed by atoms with Gasteiger partial charge in [0.15, 0.2) is 0 Å². The van der Waals surface area contributed by atoms with E-state index in [9.17, 15) is 21.6 Å². The fraction of sp³-hybridized carbons (Fsp3) is 0.200. The molecule has 0 aliphatic carbocycles. The first-order chi connectivity index (χ1) is 11.1. The number of hydrogen-bond donors (Lipinski definition) is 0. The van der Waals surface area contributed by atoms with Crippen LogP contribution >= 0.6 is 0 Å². The summed E-state index contributed by atoms with van der Waals surface area (Å²) in [6.07, 6.45) is 0. The second-order valence-electron chi connectivity index (χ2n) is 5.05. The van der Waals surface area contributed by atoms with Crippen LogP contribution in [0.25, 0.3) is 0 Å². The van der Waals surface area contributed by atoms with Gasteiger partial charge in [0.2, 0.25) is 0 Å². The first-order valence-corrected chi connectivity index (χ1v) is 8.20. The summed E-state index contributed by atoms with van der Waals surface area (Å²) in [6, 6.07) is 11.2. The molecule has 0 heterocycles. The van der Waals surface area contributed by atoms with Crippen LogP contribution < -0.4 is 4.90 Å². The summed E-state index contributed by atoms with van der Waals surface area (Å²) in [5.74, 6) is 0. The van der Waals surface area contributed by atoms with E-state index in [4.69, 9.17) is 0 Å². The highest BCUT2D eigenvalue weighted by Crippen LogP contribution is 2.31. The number of azo groups is 1. The van der Waals surface area contributed by atoms with Crippen molar-refractivity contribution < 1.29 is 21.6 Å². The number of rotatable bonds is 4. The molecular weight excluding hydrogens is 343 g/mol. The predicted octanol–water partition coefficient (Wildman–Crippen LogP) is 4.46. The molecule has 0 aromatic heterocycles. The molecule has 0 aliphatic heterocycles. The van der Waals surface area contributed by atoms with Crippen LogP contribution in [0.1, 0.15) is 0 Å². The molecule has 2 aromatic rings. The lowest BCUT2D eigenvalue weighted by atomic mass is 10.3. The van der Waals surface area contributed by atoms with Gasteiger partial charge in [0, 0.05) is 19.8 Å². The zero-order valence-electron chi connectivity index (χ0n) is 12.8. The van der Waals surface area contributed by atoms with Crippen molar-refractivity contribution in [2.75, 3.05) is 19.0 Å². The molecule has 0 saturated carbocycles. The van der Waals surface area contributed by atoms with Crippen LogP contribution in [0, 0.1) is 0 Å². The summed E-state index contributed by atoms with van der Waals surface area (Å²) >= 11 is 0. The highest BCUT2D eigenvalue weighted by Gasteiger charge is 2.46. The largest absolute Gasteiger partial charge is 0.501 e. The van der Waals surface area contributed by atoms with Crippen LogP contribution in [0.2, 0.25) is 0 Å². The predicted molar refractivity (Wildman–Crippen MR) is 84.6 cm³/mol. The fourth-order valence-corrected chi connectivity index (χ4v) is 2.52.